The van der Waals surface area contributed by atoms with Gasteiger partial charge in [-0.3, -0.25) is 4.90 Å². The van der Waals surface area contributed by atoms with E-state index in [1.54, 1.807) is 0 Å². The van der Waals surface area contributed by atoms with E-state index in [1.165, 1.54) is 5.56 Å². The first-order chi connectivity index (χ1) is 11.3. The van der Waals surface area contributed by atoms with Crippen molar-refractivity contribution in [1.82, 2.24) is 14.3 Å². The highest BCUT2D eigenvalue weighted by Crippen LogP contribution is 2.31. The number of imidazole rings is 1. The molecular formula is C19H19N3O. The molecule has 0 aliphatic carbocycles. The van der Waals surface area contributed by atoms with Crippen LogP contribution in [0.2, 0.25) is 0 Å². The van der Waals surface area contributed by atoms with E-state index < -0.39 is 0 Å². The molecule has 1 fully saturated rings. The first-order valence-electron chi connectivity index (χ1n) is 8.00. The van der Waals surface area contributed by atoms with Gasteiger partial charge in [0, 0.05) is 19.3 Å². The molecule has 0 bridgehead atoms. The van der Waals surface area contributed by atoms with Crippen molar-refractivity contribution in [1.29, 1.82) is 0 Å². The highest BCUT2D eigenvalue weighted by atomic mass is 16.1. The van der Waals surface area contributed by atoms with Crippen molar-refractivity contribution in [3.05, 3.63) is 72.2 Å². The summed E-state index contributed by atoms with van der Waals surface area (Å²) in [4.78, 5) is 18.2. The Balaban J connectivity index is 1.57. The van der Waals surface area contributed by atoms with Gasteiger partial charge in [-0.25, -0.2) is 4.98 Å². The molecule has 4 rings (SSSR count). The summed E-state index contributed by atoms with van der Waals surface area (Å²) < 4.78 is 2.09. The molecule has 1 aromatic carbocycles. The highest BCUT2D eigenvalue weighted by molar-refractivity contribution is 5.59. The van der Waals surface area contributed by atoms with Gasteiger partial charge in [-0.05, 0) is 30.0 Å². The minimum atomic E-state index is -0.0190. The van der Waals surface area contributed by atoms with Crippen molar-refractivity contribution in [2.75, 3.05) is 6.54 Å². The van der Waals surface area contributed by atoms with E-state index in [0.717, 1.165) is 37.1 Å². The average molecular weight is 305 g/mol. The average Bonchev–Trinajstić information content (AvgIpc) is 3.21. The van der Waals surface area contributed by atoms with Crippen molar-refractivity contribution < 1.29 is 4.79 Å². The SMILES string of the molecule is O=CC1CC(c2ccccc2)CN1Cc1cnc2ccccn12. The van der Waals surface area contributed by atoms with Gasteiger partial charge in [0.1, 0.15) is 11.9 Å². The van der Waals surface area contributed by atoms with E-state index in [0.29, 0.717) is 5.92 Å². The Kier molecular flexibility index (Phi) is 3.67. The standard InChI is InChI=1S/C19H19N3O/c23-14-17-10-16(15-6-2-1-3-7-15)12-21(17)13-18-11-20-19-8-4-5-9-22(18)19/h1-9,11,14,16-17H,10,12-13H2. The van der Waals surface area contributed by atoms with Crippen molar-refractivity contribution in [2.24, 2.45) is 0 Å². The molecule has 0 spiro atoms. The molecule has 1 aliphatic rings. The number of fused-ring (bicyclic) bond motifs is 1. The Morgan fingerprint density at radius 1 is 1.13 bits per heavy atom. The lowest BCUT2D eigenvalue weighted by Crippen LogP contribution is -2.30. The molecule has 0 radical (unpaired) electrons. The number of pyridine rings is 1. The Bertz CT molecular complexity index is 812. The Hall–Kier alpha value is -2.46. The van der Waals surface area contributed by atoms with Crippen LogP contribution in [0.4, 0.5) is 0 Å². The molecule has 0 saturated carbocycles. The van der Waals surface area contributed by atoms with Crippen LogP contribution in [0.5, 0.6) is 0 Å². The number of aromatic nitrogens is 2. The van der Waals surface area contributed by atoms with Gasteiger partial charge in [0.25, 0.3) is 0 Å². The van der Waals surface area contributed by atoms with Gasteiger partial charge in [-0.2, -0.15) is 0 Å². The molecule has 4 heteroatoms. The molecule has 0 amide bonds. The number of rotatable bonds is 4. The van der Waals surface area contributed by atoms with E-state index in [1.807, 2.05) is 36.7 Å². The van der Waals surface area contributed by atoms with E-state index in [9.17, 15) is 4.79 Å². The van der Waals surface area contributed by atoms with Gasteiger partial charge in [-0.1, -0.05) is 36.4 Å². The summed E-state index contributed by atoms with van der Waals surface area (Å²) in [6.07, 6.45) is 5.92. The van der Waals surface area contributed by atoms with Gasteiger partial charge in [-0.15, -0.1) is 0 Å². The van der Waals surface area contributed by atoms with Crippen molar-refractivity contribution in [3.63, 3.8) is 0 Å². The second kappa shape index (κ2) is 5.97. The molecule has 3 aromatic rings. The number of aldehydes is 1. The number of hydrogen-bond donors (Lipinski definition) is 0. The van der Waals surface area contributed by atoms with Crippen molar-refractivity contribution in [3.8, 4) is 0 Å². The van der Waals surface area contributed by atoms with Crippen molar-refractivity contribution >= 4 is 11.9 Å². The minimum absolute atomic E-state index is 0.0190. The fourth-order valence-corrected chi connectivity index (χ4v) is 3.53. The second-order valence-electron chi connectivity index (χ2n) is 6.15. The Morgan fingerprint density at radius 3 is 2.78 bits per heavy atom. The zero-order valence-electron chi connectivity index (χ0n) is 12.9. The largest absolute Gasteiger partial charge is 0.303 e. The summed E-state index contributed by atoms with van der Waals surface area (Å²) in [5, 5.41) is 0. The number of nitrogens with zero attached hydrogens (tertiary/aromatic N) is 3. The Labute approximate surface area is 135 Å². The Morgan fingerprint density at radius 2 is 1.96 bits per heavy atom. The summed E-state index contributed by atoms with van der Waals surface area (Å²) in [6, 6.07) is 16.5. The second-order valence-corrected chi connectivity index (χ2v) is 6.15. The van der Waals surface area contributed by atoms with Crippen LogP contribution in [-0.2, 0) is 11.3 Å². The predicted octanol–water partition coefficient (Wildman–Crippen LogP) is 2.89. The molecule has 4 nitrogen and oxygen atoms in total. The molecule has 1 saturated heterocycles. The van der Waals surface area contributed by atoms with Gasteiger partial charge in [0.15, 0.2) is 0 Å². The number of carbonyl (C=O) groups excluding carboxylic acids is 1. The lowest BCUT2D eigenvalue weighted by atomic mass is 9.97. The maximum atomic E-state index is 11.5. The molecule has 2 atom stereocenters. The molecule has 0 N–H and O–H groups in total. The predicted molar refractivity (Wildman–Crippen MR) is 89.3 cm³/mol. The zero-order chi connectivity index (χ0) is 15.6. The van der Waals surface area contributed by atoms with Crippen LogP contribution in [0, 0.1) is 0 Å². The number of benzene rings is 1. The quantitative estimate of drug-likeness (QED) is 0.696. The third kappa shape index (κ3) is 2.66. The third-order valence-corrected chi connectivity index (χ3v) is 4.74. The van der Waals surface area contributed by atoms with Gasteiger partial charge in [0.05, 0.1) is 17.9 Å². The van der Waals surface area contributed by atoms with Crippen molar-refractivity contribution in [2.45, 2.75) is 24.9 Å². The molecule has 2 unspecified atom stereocenters. The summed E-state index contributed by atoms with van der Waals surface area (Å²) in [5.74, 6) is 0.422. The molecule has 2 aromatic heterocycles. The molecule has 1 aliphatic heterocycles. The van der Waals surface area contributed by atoms with Crippen LogP contribution < -0.4 is 0 Å². The maximum absolute atomic E-state index is 11.5. The monoisotopic (exact) mass is 305 g/mol. The van der Waals surface area contributed by atoms with Crippen LogP contribution in [0.1, 0.15) is 23.6 Å². The van der Waals surface area contributed by atoms with E-state index >= 15 is 0 Å². The van der Waals surface area contributed by atoms with Gasteiger partial charge in [0.2, 0.25) is 0 Å². The first kappa shape index (κ1) is 14.2. The van der Waals surface area contributed by atoms with E-state index in [2.05, 4.69) is 38.6 Å². The highest BCUT2D eigenvalue weighted by Gasteiger charge is 2.32. The molecule has 116 valence electrons. The minimum Gasteiger partial charge on any atom is -0.303 e. The topological polar surface area (TPSA) is 37.6 Å². The van der Waals surface area contributed by atoms with Gasteiger partial charge >= 0.3 is 0 Å². The zero-order valence-corrected chi connectivity index (χ0v) is 12.9. The van der Waals surface area contributed by atoms with Crippen LogP contribution in [0.25, 0.3) is 5.65 Å². The van der Waals surface area contributed by atoms with E-state index in [4.69, 9.17) is 0 Å². The normalized spacial score (nSPS) is 21.7. The lowest BCUT2D eigenvalue weighted by Gasteiger charge is -2.19. The van der Waals surface area contributed by atoms with E-state index in [-0.39, 0.29) is 6.04 Å². The summed E-state index contributed by atoms with van der Waals surface area (Å²) in [6.45, 7) is 1.66. The van der Waals surface area contributed by atoms with Crippen LogP contribution in [0.15, 0.2) is 60.9 Å². The summed E-state index contributed by atoms with van der Waals surface area (Å²) in [7, 11) is 0. The number of carbonyl (C=O) groups is 1. The summed E-state index contributed by atoms with van der Waals surface area (Å²) >= 11 is 0. The lowest BCUT2D eigenvalue weighted by molar-refractivity contribution is -0.111. The summed E-state index contributed by atoms with van der Waals surface area (Å²) in [5.41, 5.74) is 3.39. The third-order valence-electron chi connectivity index (χ3n) is 4.74. The maximum Gasteiger partial charge on any atom is 0.137 e. The van der Waals surface area contributed by atoms with Crippen LogP contribution in [-0.4, -0.2) is 33.2 Å². The fraction of sp³-hybridized carbons (Fsp3) is 0.263. The smallest absolute Gasteiger partial charge is 0.137 e. The molecule has 3 heterocycles. The molecule has 23 heavy (non-hydrogen) atoms. The first-order valence-corrected chi connectivity index (χ1v) is 8.00. The number of likely N-dealkylation sites (tertiary alicyclic amines) is 1. The number of hydrogen-bond acceptors (Lipinski definition) is 3. The molecular weight excluding hydrogens is 286 g/mol. The van der Waals surface area contributed by atoms with Crippen LogP contribution >= 0.6 is 0 Å². The fourth-order valence-electron chi connectivity index (χ4n) is 3.53. The van der Waals surface area contributed by atoms with Crippen LogP contribution in [0.3, 0.4) is 0 Å². The van der Waals surface area contributed by atoms with Gasteiger partial charge < -0.3 is 9.20 Å².